The van der Waals surface area contributed by atoms with Crippen LogP contribution in [0.25, 0.3) is 0 Å². The number of hydrogen-bond acceptors (Lipinski definition) is 6. The van der Waals surface area contributed by atoms with Gasteiger partial charge in [0.1, 0.15) is 5.82 Å². The van der Waals surface area contributed by atoms with Crippen molar-refractivity contribution >= 4 is 33.7 Å². The third kappa shape index (κ3) is 6.25. The van der Waals surface area contributed by atoms with E-state index < -0.39 is 6.23 Å². The van der Waals surface area contributed by atoms with E-state index in [9.17, 15) is 5.11 Å². The molecule has 2 aromatic rings. The second-order valence-corrected chi connectivity index (χ2v) is 11.8. The summed E-state index contributed by atoms with van der Waals surface area (Å²) in [5, 5.41) is 17.8. The van der Waals surface area contributed by atoms with Gasteiger partial charge in [0.15, 0.2) is 6.23 Å². The lowest BCUT2D eigenvalue weighted by Crippen LogP contribution is -2.51. The van der Waals surface area contributed by atoms with Crippen LogP contribution in [0.4, 0.5) is 0 Å². The van der Waals surface area contributed by atoms with Crippen molar-refractivity contribution in [1.29, 1.82) is 0 Å². The highest BCUT2D eigenvalue weighted by atomic mass is 79.9. The number of fused-ring (bicyclic) bond motifs is 1. The van der Waals surface area contributed by atoms with Crippen molar-refractivity contribution in [3.63, 3.8) is 0 Å². The first-order valence-electron chi connectivity index (χ1n) is 13.5. The Balaban J connectivity index is 1.27. The first kappa shape index (κ1) is 27.6. The van der Waals surface area contributed by atoms with Gasteiger partial charge in [-0.05, 0) is 60.9 Å². The second-order valence-electron chi connectivity index (χ2n) is 10.3. The number of aliphatic hydroxyl groups is 1. The Morgan fingerprint density at radius 2 is 2.21 bits per heavy atom. The molecular formula is C29H36BrClN6O. The topological polar surface area (TPSA) is 77.7 Å². The number of hydrogen-bond donors (Lipinski definition) is 3. The number of aliphatic hydroxyl groups excluding tert-OH is 1. The highest BCUT2D eigenvalue weighted by Crippen LogP contribution is 2.44. The summed E-state index contributed by atoms with van der Waals surface area (Å²) in [4.78, 5) is 12.0. The zero-order valence-corrected chi connectivity index (χ0v) is 24.3. The number of allylic oxidation sites excluding steroid dienone is 1. The number of imidazole rings is 1. The van der Waals surface area contributed by atoms with E-state index in [0.29, 0.717) is 12.5 Å². The minimum atomic E-state index is -0.856. The first-order chi connectivity index (χ1) is 18.4. The molecule has 2 aliphatic heterocycles. The van der Waals surface area contributed by atoms with Gasteiger partial charge < -0.3 is 15.0 Å². The number of benzene rings is 1. The van der Waals surface area contributed by atoms with Gasteiger partial charge in [-0.25, -0.2) is 4.98 Å². The number of aromatic nitrogens is 2. The van der Waals surface area contributed by atoms with Crippen molar-refractivity contribution < 1.29 is 5.11 Å². The zero-order chi connectivity index (χ0) is 26.6. The smallest absolute Gasteiger partial charge is 0.168 e. The van der Waals surface area contributed by atoms with Crippen LogP contribution in [-0.4, -0.2) is 69.0 Å². The van der Waals surface area contributed by atoms with Crippen LogP contribution in [0.5, 0.6) is 0 Å². The maximum Gasteiger partial charge on any atom is 0.168 e. The molecule has 1 aliphatic carbocycles. The first-order valence-corrected chi connectivity index (χ1v) is 14.8. The Labute approximate surface area is 238 Å². The highest BCUT2D eigenvalue weighted by molar-refractivity contribution is 9.10. The van der Waals surface area contributed by atoms with Gasteiger partial charge in [-0.1, -0.05) is 52.4 Å². The number of nitrogens with zero attached hydrogens (tertiary/aromatic N) is 4. The molecular weight excluding hydrogens is 564 g/mol. The summed E-state index contributed by atoms with van der Waals surface area (Å²) < 4.78 is 2.11. The maximum absolute atomic E-state index is 10.4. The van der Waals surface area contributed by atoms with Crippen LogP contribution in [0.1, 0.15) is 42.8 Å². The molecule has 1 aromatic heterocycles. The van der Waals surface area contributed by atoms with Gasteiger partial charge >= 0.3 is 0 Å². The summed E-state index contributed by atoms with van der Waals surface area (Å²) in [6.07, 6.45) is 7.83. The Morgan fingerprint density at radius 3 is 3.03 bits per heavy atom. The van der Waals surface area contributed by atoms with Crippen LogP contribution < -0.4 is 10.6 Å². The monoisotopic (exact) mass is 598 g/mol. The number of nitrogens with one attached hydrogen (secondary N) is 2. The summed E-state index contributed by atoms with van der Waals surface area (Å²) in [5.74, 6) is 7.68. The van der Waals surface area contributed by atoms with E-state index >= 15 is 0 Å². The van der Waals surface area contributed by atoms with Crippen LogP contribution in [0.3, 0.4) is 0 Å². The molecule has 1 saturated heterocycles. The molecule has 9 heteroatoms. The maximum atomic E-state index is 10.4. The van der Waals surface area contributed by atoms with Crippen molar-refractivity contribution in [2.75, 3.05) is 26.2 Å². The molecule has 0 amide bonds. The predicted molar refractivity (Wildman–Crippen MR) is 157 cm³/mol. The number of alkyl halides is 1. The molecule has 3 aliphatic rings. The van der Waals surface area contributed by atoms with Crippen LogP contribution in [0, 0.1) is 24.7 Å². The number of halogens is 2. The van der Waals surface area contributed by atoms with Crippen molar-refractivity contribution in [2.45, 2.75) is 62.8 Å². The van der Waals surface area contributed by atoms with Gasteiger partial charge in [-0.3, -0.25) is 15.2 Å². The molecule has 202 valence electrons. The summed E-state index contributed by atoms with van der Waals surface area (Å²) >= 11 is 10.2. The molecule has 0 saturated carbocycles. The van der Waals surface area contributed by atoms with E-state index in [-0.39, 0.29) is 16.9 Å². The van der Waals surface area contributed by atoms with Crippen molar-refractivity contribution in [3.05, 3.63) is 63.8 Å². The Kier molecular flexibility index (Phi) is 9.04. The fraction of sp³-hybridized carbons (Fsp3) is 0.517. The number of aryl methyl sites for hydroxylation is 3. The van der Waals surface area contributed by atoms with Crippen LogP contribution in [0.15, 0.2) is 46.9 Å². The molecule has 3 heterocycles. The largest absolute Gasteiger partial charge is 0.367 e. The van der Waals surface area contributed by atoms with Gasteiger partial charge in [-0.2, -0.15) is 0 Å². The molecule has 1 fully saturated rings. The summed E-state index contributed by atoms with van der Waals surface area (Å²) in [5.41, 5.74) is 5.20. The van der Waals surface area contributed by atoms with Gasteiger partial charge in [0.2, 0.25) is 0 Å². The third-order valence-corrected chi connectivity index (χ3v) is 9.10. The average molecular weight is 600 g/mol. The fourth-order valence-corrected chi connectivity index (χ4v) is 6.33. The van der Waals surface area contributed by atoms with Gasteiger partial charge in [0, 0.05) is 56.4 Å². The summed E-state index contributed by atoms with van der Waals surface area (Å²) in [7, 11) is 0. The third-order valence-electron chi connectivity index (χ3n) is 7.84. The molecule has 0 bridgehead atoms. The lowest BCUT2D eigenvalue weighted by molar-refractivity contribution is 0.175. The summed E-state index contributed by atoms with van der Waals surface area (Å²) in [6, 6.07) is 6.33. The Morgan fingerprint density at radius 1 is 1.34 bits per heavy atom. The zero-order valence-electron chi connectivity index (χ0n) is 22.0. The molecule has 3 N–H and O–H groups in total. The van der Waals surface area contributed by atoms with Gasteiger partial charge in [0.25, 0.3) is 0 Å². The van der Waals surface area contributed by atoms with E-state index in [1.165, 1.54) is 22.4 Å². The van der Waals surface area contributed by atoms with Gasteiger partial charge in [0.05, 0.1) is 22.6 Å². The highest BCUT2D eigenvalue weighted by Gasteiger charge is 2.37. The lowest BCUT2D eigenvalue weighted by atomic mass is 9.88. The minimum Gasteiger partial charge on any atom is -0.367 e. The Bertz CT molecular complexity index is 1260. The summed E-state index contributed by atoms with van der Waals surface area (Å²) in [6.45, 7) is 8.31. The minimum absolute atomic E-state index is 0.0363. The molecule has 7 nitrogen and oxygen atoms in total. The van der Waals surface area contributed by atoms with Gasteiger partial charge in [-0.15, -0.1) is 0 Å². The number of piperazine rings is 1. The molecule has 5 atom stereocenters. The molecule has 5 unspecified atom stereocenters. The lowest BCUT2D eigenvalue weighted by Gasteiger charge is -2.39. The SMILES string of the molecule is Cc1nccn1CCCNC(O)C#CC1CN(C2C3=C(CCc4cc(Cl)ccc42)C(C)C(Br)C=N3)CCN1. The standard InChI is InChI=1S/C29H36BrClN6O/c1-19-24-7-4-21-16-22(31)5-8-25(21)29(28(24)35-17-26(19)30)37-15-12-33-23(18-37)6-9-27(38)34-10-3-13-36-14-11-32-20(36)2/h5,8,11,14,16-17,19,23,26-27,29,33-34,38H,3-4,7,10,12-13,15,18H2,1-2H3. The average Bonchev–Trinajstić information content (AvgIpc) is 3.24. The Hall–Kier alpha value is -1.99. The number of aliphatic imine (C=N–C) groups is 1. The number of rotatable bonds is 6. The van der Waals surface area contributed by atoms with E-state index in [1.54, 1.807) is 0 Å². The molecule has 0 spiro atoms. The molecule has 38 heavy (non-hydrogen) atoms. The van der Waals surface area contributed by atoms with E-state index in [4.69, 9.17) is 16.6 Å². The normalized spacial score (nSPS) is 26.2. The van der Waals surface area contributed by atoms with Crippen LogP contribution in [0.2, 0.25) is 5.02 Å². The van der Waals surface area contributed by atoms with Crippen LogP contribution >= 0.6 is 27.5 Å². The molecule has 0 radical (unpaired) electrons. The molecule has 1 aromatic carbocycles. The molecule has 5 rings (SSSR count). The fourth-order valence-electron chi connectivity index (χ4n) is 5.70. The van der Waals surface area contributed by atoms with Crippen molar-refractivity contribution in [2.24, 2.45) is 10.9 Å². The van der Waals surface area contributed by atoms with Crippen LogP contribution in [-0.2, 0) is 13.0 Å². The second kappa shape index (κ2) is 12.5. The quantitative estimate of drug-likeness (QED) is 0.204. The van der Waals surface area contributed by atoms with E-state index in [1.807, 2.05) is 31.6 Å². The predicted octanol–water partition coefficient (Wildman–Crippen LogP) is 3.85. The van der Waals surface area contributed by atoms with Crippen molar-refractivity contribution in [1.82, 2.24) is 25.1 Å². The van der Waals surface area contributed by atoms with Crippen molar-refractivity contribution in [3.8, 4) is 11.8 Å². The van der Waals surface area contributed by atoms with E-state index in [0.717, 1.165) is 56.3 Å². The van der Waals surface area contributed by atoms with E-state index in [2.05, 4.69) is 71.9 Å².